The Morgan fingerprint density at radius 1 is 1.28 bits per heavy atom. The molecule has 36 heavy (non-hydrogen) atoms. The van der Waals surface area contributed by atoms with E-state index in [4.69, 9.17) is 25.8 Å². The number of benzene rings is 2. The van der Waals surface area contributed by atoms with Crippen molar-refractivity contribution in [2.24, 2.45) is 0 Å². The highest BCUT2D eigenvalue weighted by molar-refractivity contribution is 6.34. The first-order valence-electron chi connectivity index (χ1n) is 11.6. The molecule has 2 atom stereocenters. The maximum atomic E-state index is 13.7. The number of carbonyl (C=O) groups excluding carboxylic acids is 1. The smallest absolute Gasteiger partial charge is 0.310 e. The van der Waals surface area contributed by atoms with Crippen LogP contribution in [0.15, 0.2) is 36.4 Å². The summed E-state index contributed by atoms with van der Waals surface area (Å²) >= 11 is 6.05. The van der Waals surface area contributed by atoms with Crippen molar-refractivity contribution in [2.75, 3.05) is 32.1 Å². The molecule has 0 radical (unpaired) electrons. The highest BCUT2D eigenvalue weighted by atomic mass is 35.5. The summed E-state index contributed by atoms with van der Waals surface area (Å²) in [6.07, 6.45) is 1.42. The summed E-state index contributed by atoms with van der Waals surface area (Å²) in [5, 5.41) is 13.6. The monoisotopic (exact) mass is 518 g/mol. The number of anilines is 1. The molecule has 3 aromatic rings. The Morgan fingerprint density at radius 3 is 2.86 bits per heavy atom. The van der Waals surface area contributed by atoms with E-state index in [2.05, 4.69) is 20.2 Å². The zero-order chi connectivity index (χ0) is 25.7. The fraction of sp³-hybridized carbons (Fsp3) is 0.400. The number of phenolic OH excluding ortho intramolecular Hbond substituents is 1. The maximum Gasteiger partial charge on any atom is 0.310 e. The number of fused-ring (bicyclic) bond motifs is 1. The highest BCUT2D eigenvalue weighted by Crippen LogP contribution is 2.34. The van der Waals surface area contributed by atoms with E-state index in [-0.39, 0.29) is 29.2 Å². The van der Waals surface area contributed by atoms with Gasteiger partial charge < -0.3 is 24.6 Å². The predicted molar refractivity (Wildman–Crippen MR) is 133 cm³/mol. The normalized spacial score (nSPS) is 16.9. The van der Waals surface area contributed by atoms with Crippen LogP contribution in [0.3, 0.4) is 0 Å². The van der Waals surface area contributed by atoms with E-state index in [9.17, 15) is 14.3 Å². The number of methoxy groups -OCH3 is 1. The van der Waals surface area contributed by atoms with Crippen LogP contribution in [0.2, 0.25) is 5.15 Å². The van der Waals surface area contributed by atoms with Crippen LogP contribution in [0.4, 0.5) is 10.1 Å². The van der Waals surface area contributed by atoms with E-state index in [0.29, 0.717) is 23.4 Å². The Labute approximate surface area is 213 Å². The van der Waals surface area contributed by atoms with Crippen LogP contribution < -0.4 is 14.8 Å². The summed E-state index contributed by atoms with van der Waals surface area (Å²) < 4.78 is 30.6. The summed E-state index contributed by atoms with van der Waals surface area (Å²) in [4.78, 5) is 21.4. The van der Waals surface area contributed by atoms with Gasteiger partial charge in [-0.25, -0.2) is 4.98 Å². The number of phenols is 1. The lowest BCUT2D eigenvalue weighted by molar-refractivity contribution is -0.149. The number of carbonyl (C=O) groups is 1. The molecule has 1 saturated heterocycles. The van der Waals surface area contributed by atoms with Crippen molar-refractivity contribution in [1.82, 2.24) is 14.9 Å². The van der Waals surface area contributed by atoms with Gasteiger partial charge in [0.2, 0.25) is 0 Å². The van der Waals surface area contributed by atoms with Crippen molar-refractivity contribution in [1.29, 1.82) is 0 Å². The molecule has 9 nitrogen and oxygen atoms in total. The molecule has 1 fully saturated rings. The number of nitrogens with zero attached hydrogens (tertiary/aromatic N) is 3. The number of ether oxygens (including phenoxy) is 3. The molecule has 4 rings (SSSR count). The van der Waals surface area contributed by atoms with Crippen LogP contribution in [0.1, 0.15) is 26.2 Å². The summed E-state index contributed by atoms with van der Waals surface area (Å²) in [6, 6.07) is 10.1. The lowest BCUT2D eigenvalue weighted by Crippen LogP contribution is -2.49. The molecule has 1 aliphatic heterocycles. The van der Waals surface area contributed by atoms with Gasteiger partial charge in [0.05, 0.1) is 18.8 Å². The second-order valence-corrected chi connectivity index (χ2v) is 8.91. The molecule has 1 aromatic heterocycles. The molecule has 2 N–H and O–H groups in total. The lowest BCUT2D eigenvalue weighted by atomic mass is 10.1. The maximum absolute atomic E-state index is 13.7. The first-order valence-corrected chi connectivity index (χ1v) is 12.0. The molecular formula is C25H28ClFN4O5. The quantitative estimate of drug-likeness (QED) is 0.242. The number of nitrogens with one attached hydrogen (secondary N) is 1. The minimum absolute atomic E-state index is 0.00405. The van der Waals surface area contributed by atoms with Crippen LogP contribution in [-0.2, 0) is 9.53 Å². The second-order valence-electron chi connectivity index (χ2n) is 8.55. The third kappa shape index (κ3) is 6.44. The van der Waals surface area contributed by atoms with Crippen LogP contribution >= 0.6 is 11.6 Å². The minimum Gasteiger partial charge on any atom is -0.508 e. The number of halogens is 2. The molecule has 0 amide bonds. The van der Waals surface area contributed by atoms with Gasteiger partial charge in [0.1, 0.15) is 23.6 Å². The van der Waals surface area contributed by atoms with Gasteiger partial charge in [-0.2, -0.15) is 9.37 Å². The number of hydrogen-bond donors (Lipinski definition) is 2. The fourth-order valence-electron chi connectivity index (χ4n) is 4.31. The largest absolute Gasteiger partial charge is 0.508 e. The number of hydrogen-bond acceptors (Lipinski definition) is 9. The van der Waals surface area contributed by atoms with Crippen LogP contribution in [0.5, 0.6) is 17.2 Å². The van der Waals surface area contributed by atoms with Gasteiger partial charge >= 0.3 is 12.0 Å². The van der Waals surface area contributed by atoms with Gasteiger partial charge in [0, 0.05) is 43.2 Å². The average Bonchev–Trinajstić information content (AvgIpc) is 2.83. The SMILES string of the molecule is COc1cc2c(Cl)nc(F)nc2cc1OCC(CN1CCCCC1Nc1cccc(O)c1)OC(C)=O. The average molecular weight is 519 g/mol. The van der Waals surface area contributed by atoms with Crippen molar-refractivity contribution in [3.05, 3.63) is 47.6 Å². The zero-order valence-corrected chi connectivity index (χ0v) is 20.8. The van der Waals surface area contributed by atoms with Gasteiger partial charge in [0.15, 0.2) is 11.5 Å². The third-order valence-corrected chi connectivity index (χ3v) is 6.18. The summed E-state index contributed by atoms with van der Waals surface area (Å²) in [7, 11) is 1.47. The number of piperidine rings is 1. The van der Waals surface area contributed by atoms with Gasteiger partial charge in [-0.3, -0.25) is 9.69 Å². The molecule has 1 aliphatic rings. The van der Waals surface area contributed by atoms with E-state index in [0.717, 1.165) is 31.5 Å². The Morgan fingerprint density at radius 2 is 2.11 bits per heavy atom. The molecule has 0 aliphatic carbocycles. The molecule has 0 spiro atoms. The topological polar surface area (TPSA) is 106 Å². The highest BCUT2D eigenvalue weighted by Gasteiger charge is 2.27. The molecule has 2 unspecified atom stereocenters. The summed E-state index contributed by atoms with van der Waals surface area (Å²) in [5.74, 6) is 0.432. The van der Waals surface area contributed by atoms with Gasteiger partial charge in [-0.15, -0.1) is 0 Å². The summed E-state index contributed by atoms with van der Waals surface area (Å²) in [5.41, 5.74) is 1.07. The van der Waals surface area contributed by atoms with Crippen molar-refractivity contribution >= 4 is 34.2 Å². The van der Waals surface area contributed by atoms with Crippen LogP contribution in [0.25, 0.3) is 10.9 Å². The Hall–Kier alpha value is -3.37. The molecule has 0 bridgehead atoms. The molecule has 2 aromatic carbocycles. The molecule has 2 heterocycles. The molecule has 0 saturated carbocycles. The first-order chi connectivity index (χ1) is 17.3. The molecule has 11 heteroatoms. The van der Waals surface area contributed by atoms with Crippen LogP contribution in [-0.4, -0.2) is 65.0 Å². The van der Waals surface area contributed by atoms with E-state index in [1.807, 2.05) is 6.07 Å². The first kappa shape index (κ1) is 25.7. The van der Waals surface area contributed by atoms with Gasteiger partial charge in [0.25, 0.3) is 0 Å². The predicted octanol–water partition coefficient (Wildman–Crippen LogP) is 4.37. The minimum atomic E-state index is -0.947. The molecule has 192 valence electrons. The fourth-order valence-corrected chi connectivity index (χ4v) is 4.53. The van der Waals surface area contributed by atoms with E-state index in [1.54, 1.807) is 24.3 Å². The number of likely N-dealkylation sites (tertiary alicyclic amines) is 1. The number of aromatic nitrogens is 2. The Kier molecular flexibility index (Phi) is 8.27. The van der Waals surface area contributed by atoms with Crippen molar-refractivity contribution in [2.45, 2.75) is 38.5 Å². The van der Waals surface area contributed by atoms with Gasteiger partial charge in [-0.1, -0.05) is 17.7 Å². The van der Waals surface area contributed by atoms with E-state index < -0.39 is 18.2 Å². The number of esters is 1. The summed E-state index contributed by atoms with van der Waals surface area (Å²) in [6.45, 7) is 2.62. The van der Waals surface area contributed by atoms with Crippen molar-refractivity contribution in [3.63, 3.8) is 0 Å². The number of rotatable bonds is 9. The third-order valence-electron chi connectivity index (χ3n) is 5.90. The van der Waals surface area contributed by atoms with Crippen molar-refractivity contribution in [3.8, 4) is 17.2 Å². The zero-order valence-electron chi connectivity index (χ0n) is 20.0. The Bertz CT molecular complexity index is 1230. The van der Waals surface area contributed by atoms with Crippen LogP contribution in [0, 0.1) is 6.08 Å². The van der Waals surface area contributed by atoms with E-state index >= 15 is 0 Å². The standard InChI is InChI=1S/C25H28ClFN4O5/c1-15(32)36-18(13-31-9-4-3-8-23(31)28-16-6-5-7-17(33)10-16)14-35-22-12-20-19(11-21(22)34-2)24(26)30-25(27)29-20/h5-7,10-12,18,23,28,33H,3-4,8-9,13-14H2,1-2H3. The number of aromatic hydroxyl groups is 1. The van der Waals surface area contributed by atoms with Crippen molar-refractivity contribution < 1.29 is 28.5 Å². The van der Waals surface area contributed by atoms with E-state index in [1.165, 1.54) is 20.1 Å². The Balaban J connectivity index is 1.50. The van der Waals surface area contributed by atoms with Gasteiger partial charge in [-0.05, 0) is 37.5 Å². The second kappa shape index (κ2) is 11.6. The molecular weight excluding hydrogens is 491 g/mol. The lowest BCUT2D eigenvalue weighted by Gasteiger charge is -2.38.